The molecule has 1 N–H and O–H groups in total. The van der Waals surface area contributed by atoms with Gasteiger partial charge in [-0.3, -0.25) is 4.79 Å². The Balaban J connectivity index is 1.85. The van der Waals surface area contributed by atoms with Gasteiger partial charge in [-0.05, 0) is 43.2 Å². The number of carbonyl (C=O) groups excluding carboxylic acids is 1. The summed E-state index contributed by atoms with van der Waals surface area (Å²) in [7, 11) is 3.18. The van der Waals surface area contributed by atoms with Crippen molar-refractivity contribution >= 4 is 21.8 Å². The van der Waals surface area contributed by atoms with Gasteiger partial charge < -0.3 is 24.3 Å². The molecule has 0 unspecified atom stereocenters. The zero-order valence-corrected chi connectivity index (χ0v) is 17.3. The van der Waals surface area contributed by atoms with Gasteiger partial charge in [-0.1, -0.05) is 28.1 Å². The third-order valence-corrected chi connectivity index (χ3v) is 4.52. The number of hydrogen-bond donors (Lipinski definition) is 1. The Kier molecular flexibility index (Phi) is 8.26. The molecule has 0 aliphatic carbocycles. The minimum atomic E-state index is -0.196. The summed E-state index contributed by atoms with van der Waals surface area (Å²) in [5, 5.41) is 2.85. The van der Waals surface area contributed by atoms with Crippen LogP contribution in [0.5, 0.6) is 23.0 Å². The van der Waals surface area contributed by atoms with E-state index in [-0.39, 0.29) is 12.5 Å². The first-order chi connectivity index (χ1) is 13.1. The van der Waals surface area contributed by atoms with E-state index >= 15 is 0 Å². The number of methoxy groups -OCH3 is 2. The zero-order valence-electron chi connectivity index (χ0n) is 15.7. The Hall–Kier alpha value is -2.41. The molecule has 0 bridgehead atoms. The Bertz CT molecular complexity index is 766. The van der Waals surface area contributed by atoms with Crippen LogP contribution in [0.25, 0.3) is 0 Å². The van der Waals surface area contributed by atoms with Crippen molar-refractivity contribution < 1.29 is 23.7 Å². The molecule has 0 aliphatic heterocycles. The lowest BCUT2D eigenvalue weighted by Gasteiger charge is -2.13. The van der Waals surface area contributed by atoms with Crippen LogP contribution in [0, 0.1) is 0 Å². The molecule has 2 aromatic carbocycles. The molecule has 0 fully saturated rings. The second-order valence-corrected chi connectivity index (χ2v) is 6.42. The normalized spacial score (nSPS) is 10.2. The lowest BCUT2D eigenvalue weighted by Crippen LogP contribution is -2.30. The van der Waals surface area contributed by atoms with Crippen LogP contribution in [-0.2, 0) is 11.2 Å². The molecule has 0 atom stereocenters. The SMILES string of the molecule is CCOc1ccccc1OCC(=O)NCCc1cc(OC)c(OC)cc1Br. The van der Waals surface area contributed by atoms with E-state index in [2.05, 4.69) is 21.2 Å². The van der Waals surface area contributed by atoms with Gasteiger partial charge in [0.25, 0.3) is 5.91 Å². The van der Waals surface area contributed by atoms with E-state index in [1.54, 1.807) is 20.3 Å². The molecule has 2 aromatic rings. The number of benzene rings is 2. The molecular weight excluding hydrogens is 414 g/mol. The predicted molar refractivity (Wildman–Crippen MR) is 107 cm³/mol. The van der Waals surface area contributed by atoms with Crippen molar-refractivity contribution in [3.05, 3.63) is 46.4 Å². The summed E-state index contributed by atoms with van der Waals surface area (Å²) in [5.41, 5.74) is 1.01. The van der Waals surface area contributed by atoms with Crippen LogP contribution in [0.1, 0.15) is 12.5 Å². The van der Waals surface area contributed by atoms with Crippen molar-refractivity contribution in [3.63, 3.8) is 0 Å². The maximum Gasteiger partial charge on any atom is 0.257 e. The van der Waals surface area contributed by atoms with Gasteiger partial charge in [0.2, 0.25) is 0 Å². The van der Waals surface area contributed by atoms with E-state index < -0.39 is 0 Å². The molecule has 146 valence electrons. The minimum absolute atomic E-state index is 0.0722. The lowest BCUT2D eigenvalue weighted by atomic mass is 10.1. The average molecular weight is 438 g/mol. The fraction of sp³-hybridized carbons (Fsp3) is 0.350. The number of rotatable bonds is 10. The number of amides is 1. The quantitative estimate of drug-likeness (QED) is 0.614. The van der Waals surface area contributed by atoms with Crippen molar-refractivity contribution in [3.8, 4) is 23.0 Å². The first-order valence-corrected chi connectivity index (χ1v) is 9.40. The van der Waals surface area contributed by atoms with Crippen molar-refractivity contribution in [1.29, 1.82) is 0 Å². The van der Waals surface area contributed by atoms with E-state index in [1.807, 2.05) is 37.3 Å². The van der Waals surface area contributed by atoms with Crippen molar-refractivity contribution in [2.24, 2.45) is 0 Å². The van der Waals surface area contributed by atoms with E-state index in [0.29, 0.717) is 42.6 Å². The summed E-state index contributed by atoms with van der Waals surface area (Å²) < 4.78 is 22.5. The van der Waals surface area contributed by atoms with Crippen LogP contribution >= 0.6 is 15.9 Å². The number of nitrogens with one attached hydrogen (secondary N) is 1. The second kappa shape index (κ2) is 10.7. The van der Waals surface area contributed by atoms with Gasteiger partial charge in [0.15, 0.2) is 29.6 Å². The fourth-order valence-corrected chi connectivity index (χ4v) is 2.98. The molecule has 1 amide bonds. The monoisotopic (exact) mass is 437 g/mol. The highest BCUT2D eigenvalue weighted by molar-refractivity contribution is 9.10. The van der Waals surface area contributed by atoms with Crippen LogP contribution in [0.2, 0.25) is 0 Å². The van der Waals surface area contributed by atoms with Crippen LogP contribution in [0.15, 0.2) is 40.9 Å². The predicted octanol–water partition coefficient (Wildman–Crippen LogP) is 3.60. The number of halogens is 1. The van der Waals surface area contributed by atoms with Gasteiger partial charge >= 0.3 is 0 Å². The first-order valence-electron chi connectivity index (χ1n) is 8.60. The average Bonchev–Trinajstić information content (AvgIpc) is 2.68. The summed E-state index contributed by atoms with van der Waals surface area (Å²) in [6, 6.07) is 11.0. The summed E-state index contributed by atoms with van der Waals surface area (Å²) >= 11 is 3.52. The third kappa shape index (κ3) is 6.06. The van der Waals surface area contributed by atoms with Crippen LogP contribution in [-0.4, -0.2) is 39.9 Å². The highest BCUT2D eigenvalue weighted by Gasteiger charge is 2.11. The van der Waals surface area contributed by atoms with Gasteiger partial charge in [-0.2, -0.15) is 0 Å². The molecule has 0 saturated carbocycles. The number of hydrogen-bond acceptors (Lipinski definition) is 5. The molecule has 0 aliphatic rings. The molecule has 0 heterocycles. The van der Waals surface area contributed by atoms with Gasteiger partial charge in [-0.15, -0.1) is 0 Å². The van der Waals surface area contributed by atoms with Gasteiger partial charge in [0.1, 0.15) is 0 Å². The highest BCUT2D eigenvalue weighted by atomic mass is 79.9. The number of carbonyl (C=O) groups is 1. The van der Waals surface area contributed by atoms with E-state index in [0.717, 1.165) is 10.0 Å². The second-order valence-electron chi connectivity index (χ2n) is 5.57. The maximum atomic E-state index is 12.1. The number of para-hydroxylation sites is 2. The van der Waals surface area contributed by atoms with Crippen molar-refractivity contribution in [2.75, 3.05) is 34.0 Å². The largest absolute Gasteiger partial charge is 0.493 e. The summed E-state index contributed by atoms with van der Waals surface area (Å²) in [5.74, 6) is 2.29. The van der Waals surface area contributed by atoms with Crippen molar-refractivity contribution in [1.82, 2.24) is 5.32 Å². The molecule has 7 heteroatoms. The van der Waals surface area contributed by atoms with Gasteiger partial charge in [0.05, 0.1) is 20.8 Å². The molecule has 2 rings (SSSR count). The van der Waals surface area contributed by atoms with Crippen molar-refractivity contribution in [2.45, 2.75) is 13.3 Å². The van der Waals surface area contributed by atoms with E-state index in [1.165, 1.54) is 0 Å². The summed E-state index contributed by atoms with van der Waals surface area (Å²) in [6.45, 7) is 2.84. The standard InChI is InChI=1S/C20H24BrNO5/c1-4-26-16-7-5-6-8-17(16)27-13-20(23)22-10-9-14-11-18(24-2)19(25-3)12-15(14)21/h5-8,11-12H,4,9-10,13H2,1-3H3,(H,22,23). The minimum Gasteiger partial charge on any atom is -0.493 e. The molecule has 6 nitrogen and oxygen atoms in total. The summed E-state index contributed by atoms with van der Waals surface area (Å²) in [6.07, 6.45) is 0.641. The van der Waals surface area contributed by atoms with Crippen LogP contribution in [0.4, 0.5) is 0 Å². The Morgan fingerprint density at radius 3 is 2.26 bits per heavy atom. The Morgan fingerprint density at radius 2 is 1.63 bits per heavy atom. The molecule has 27 heavy (non-hydrogen) atoms. The molecule has 0 spiro atoms. The van der Waals surface area contributed by atoms with Gasteiger partial charge in [0, 0.05) is 11.0 Å². The zero-order chi connectivity index (χ0) is 19.6. The lowest BCUT2D eigenvalue weighted by molar-refractivity contribution is -0.123. The summed E-state index contributed by atoms with van der Waals surface area (Å²) in [4.78, 5) is 12.1. The van der Waals surface area contributed by atoms with Gasteiger partial charge in [-0.25, -0.2) is 0 Å². The topological polar surface area (TPSA) is 66.0 Å². The molecule has 0 radical (unpaired) electrons. The molecule has 0 saturated heterocycles. The highest BCUT2D eigenvalue weighted by Crippen LogP contribution is 2.33. The Labute approximate surface area is 167 Å². The Morgan fingerprint density at radius 1 is 1.00 bits per heavy atom. The van der Waals surface area contributed by atoms with E-state index in [9.17, 15) is 4.79 Å². The third-order valence-electron chi connectivity index (χ3n) is 3.78. The number of ether oxygens (including phenoxy) is 4. The maximum absolute atomic E-state index is 12.1. The fourth-order valence-electron chi connectivity index (χ4n) is 2.46. The van der Waals surface area contributed by atoms with E-state index in [4.69, 9.17) is 18.9 Å². The van der Waals surface area contributed by atoms with Crippen LogP contribution in [0.3, 0.4) is 0 Å². The first kappa shape index (κ1) is 20.9. The smallest absolute Gasteiger partial charge is 0.257 e. The molecule has 0 aromatic heterocycles. The molecular formula is C20H24BrNO5. The van der Waals surface area contributed by atoms with Crippen LogP contribution < -0.4 is 24.3 Å².